The fraction of sp³-hybridized carbons (Fsp3) is 0.682. The molecule has 3 aliphatic heterocycles. The van der Waals surface area contributed by atoms with Crippen molar-refractivity contribution >= 4 is 5.96 Å². The lowest BCUT2D eigenvalue weighted by atomic mass is 9.96. The predicted molar refractivity (Wildman–Crippen MR) is 112 cm³/mol. The Labute approximate surface area is 168 Å². The highest BCUT2D eigenvalue weighted by molar-refractivity contribution is 5.80. The monoisotopic (exact) mass is 386 g/mol. The van der Waals surface area contributed by atoms with Crippen LogP contribution in [0.4, 0.5) is 0 Å². The van der Waals surface area contributed by atoms with Crippen molar-refractivity contribution in [3.05, 3.63) is 29.8 Å². The van der Waals surface area contributed by atoms with Crippen molar-refractivity contribution in [2.75, 3.05) is 33.3 Å². The summed E-state index contributed by atoms with van der Waals surface area (Å²) in [7, 11) is 1.71. The normalized spacial score (nSPS) is 28.5. The van der Waals surface area contributed by atoms with E-state index < -0.39 is 0 Å². The van der Waals surface area contributed by atoms with Crippen LogP contribution in [-0.4, -0.2) is 62.4 Å². The molecule has 3 aliphatic rings. The zero-order valence-electron chi connectivity index (χ0n) is 17.2. The molecular weight excluding hydrogens is 352 g/mol. The van der Waals surface area contributed by atoms with Crippen LogP contribution in [0.3, 0.4) is 0 Å². The summed E-state index contributed by atoms with van der Waals surface area (Å²) in [5.74, 6) is 1.82. The number of aliphatic imine (C=N–C) groups is 1. The minimum Gasteiger partial charge on any atom is -0.497 e. The van der Waals surface area contributed by atoms with E-state index in [1.54, 1.807) is 7.11 Å². The Kier molecular flexibility index (Phi) is 6.37. The lowest BCUT2D eigenvalue weighted by Crippen LogP contribution is -2.47. The zero-order chi connectivity index (χ0) is 19.3. The van der Waals surface area contributed by atoms with Crippen LogP contribution in [0, 0.1) is 0 Å². The van der Waals surface area contributed by atoms with Gasteiger partial charge in [-0.1, -0.05) is 12.1 Å². The Bertz CT molecular complexity index is 657. The fourth-order valence-corrected chi connectivity index (χ4v) is 4.77. The number of methoxy groups -OCH3 is 1. The van der Waals surface area contributed by atoms with Gasteiger partial charge in [-0.15, -0.1) is 0 Å². The fourth-order valence-electron chi connectivity index (χ4n) is 4.77. The second-order valence-corrected chi connectivity index (χ2v) is 8.11. The highest BCUT2D eigenvalue weighted by Crippen LogP contribution is 2.34. The quantitative estimate of drug-likeness (QED) is 0.557. The van der Waals surface area contributed by atoms with Gasteiger partial charge in [0.1, 0.15) is 5.75 Å². The zero-order valence-corrected chi connectivity index (χ0v) is 17.2. The number of guanidine groups is 1. The lowest BCUT2D eigenvalue weighted by molar-refractivity contribution is 0.0992. The van der Waals surface area contributed by atoms with Crippen molar-refractivity contribution in [3.63, 3.8) is 0 Å². The molecule has 0 radical (unpaired) electrons. The number of hydrogen-bond donors (Lipinski definition) is 2. The van der Waals surface area contributed by atoms with Gasteiger partial charge in [-0.2, -0.15) is 0 Å². The van der Waals surface area contributed by atoms with Crippen molar-refractivity contribution in [2.24, 2.45) is 4.99 Å². The van der Waals surface area contributed by atoms with E-state index in [4.69, 9.17) is 14.5 Å². The van der Waals surface area contributed by atoms with E-state index in [9.17, 15) is 0 Å². The molecule has 0 amide bonds. The summed E-state index contributed by atoms with van der Waals surface area (Å²) in [4.78, 5) is 7.56. The average molecular weight is 387 g/mol. The number of benzene rings is 1. The van der Waals surface area contributed by atoms with Crippen LogP contribution in [0.25, 0.3) is 0 Å². The number of rotatable bonds is 7. The lowest BCUT2D eigenvalue weighted by Gasteiger charge is -2.28. The summed E-state index contributed by atoms with van der Waals surface area (Å²) in [6.07, 6.45) is 6.83. The predicted octanol–water partition coefficient (Wildman–Crippen LogP) is 2.71. The van der Waals surface area contributed by atoms with E-state index in [1.165, 1.54) is 31.2 Å². The Morgan fingerprint density at radius 3 is 2.64 bits per heavy atom. The maximum absolute atomic E-state index is 6.00. The highest BCUT2D eigenvalue weighted by atomic mass is 16.5. The molecule has 0 saturated carbocycles. The SMILES string of the molecule is CCNC(=NCC(c1ccc(OC)cc1)N1CCCC1)NC1CC2CCC1O2. The molecule has 6 heteroatoms. The molecule has 3 saturated heterocycles. The largest absolute Gasteiger partial charge is 0.497 e. The molecule has 3 heterocycles. The van der Waals surface area contributed by atoms with Crippen molar-refractivity contribution in [1.82, 2.24) is 15.5 Å². The Morgan fingerprint density at radius 2 is 2.04 bits per heavy atom. The maximum Gasteiger partial charge on any atom is 0.191 e. The van der Waals surface area contributed by atoms with Crippen LogP contribution in [0.5, 0.6) is 5.75 Å². The van der Waals surface area contributed by atoms with Crippen LogP contribution in [0.2, 0.25) is 0 Å². The first kappa shape index (κ1) is 19.5. The third-order valence-electron chi connectivity index (χ3n) is 6.28. The summed E-state index contributed by atoms with van der Waals surface area (Å²) in [6, 6.07) is 9.17. The third kappa shape index (κ3) is 4.44. The Balaban J connectivity index is 1.46. The van der Waals surface area contributed by atoms with Crippen LogP contribution < -0.4 is 15.4 Å². The van der Waals surface area contributed by atoms with Crippen molar-refractivity contribution in [1.29, 1.82) is 0 Å². The van der Waals surface area contributed by atoms with Gasteiger partial charge >= 0.3 is 0 Å². The summed E-state index contributed by atoms with van der Waals surface area (Å²) in [5, 5.41) is 7.07. The first-order valence-electron chi connectivity index (χ1n) is 10.8. The number of hydrogen-bond acceptors (Lipinski definition) is 4. The molecule has 28 heavy (non-hydrogen) atoms. The molecule has 154 valence electrons. The molecule has 6 nitrogen and oxygen atoms in total. The van der Waals surface area contributed by atoms with E-state index >= 15 is 0 Å². The first-order valence-corrected chi connectivity index (χ1v) is 10.8. The van der Waals surface area contributed by atoms with E-state index in [1.807, 2.05) is 0 Å². The molecule has 0 aliphatic carbocycles. The third-order valence-corrected chi connectivity index (χ3v) is 6.28. The van der Waals surface area contributed by atoms with Gasteiger partial charge in [-0.3, -0.25) is 9.89 Å². The molecule has 0 spiro atoms. The van der Waals surface area contributed by atoms with Crippen molar-refractivity contribution in [3.8, 4) is 5.75 Å². The highest BCUT2D eigenvalue weighted by Gasteiger charge is 2.41. The van der Waals surface area contributed by atoms with Gasteiger partial charge < -0.3 is 20.1 Å². The molecule has 1 aromatic carbocycles. The number of ether oxygens (including phenoxy) is 2. The molecule has 0 aromatic heterocycles. The smallest absolute Gasteiger partial charge is 0.191 e. The molecule has 4 atom stereocenters. The second-order valence-electron chi connectivity index (χ2n) is 8.11. The van der Waals surface area contributed by atoms with Crippen LogP contribution in [-0.2, 0) is 4.74 Å². The summed E-state index contributed by atoms with van der Waals surface area (Å²) >= 11 is 0. The van der Waals surface area contributed by atoms with Gasteiger partial charge in [0.05, 0.1) is 37.9 Å². The molecule has 2 N–H and O–H groups in total. The number of fused-ring (bicyclic) bond motifs is 2. The van der Waals surface area contributed by atoms with Gasteiger partial charge in [0, 0.05) is 6.54 Å². The number of likely N-dealkylation sites (tertiary alicyclic amines) is 1. The van der Waals surface area contributed by atoms with E-state index in [0.29, 0.717) is 24.3 Å². The molecule has 4 rings (SSSR count). The van der Waals surface area contributed by atoms with Crippen molar-refractivity contribution < 1.29 is 9.47 Å². The van der Waals surface area contributed by atoms with Gasteiger partial charge in [-0.25, -0.2) is 0 Å². The summed E-state index contributed by atoms with van der Waals surface area (Å²) in [6.45, 7) is 6.04. The van der Waals surface area contributed by atoms with Crippen LogP contribution in [0.15, 0.2) is 29.3 Å². The van der Waals surface area contributed by atoms with Crippen LogP contribution >= 0.6 is 0 Å². The van der Waals surface area contributed by atoms with Crippen LogP contribution in [0.1, 0.15) is 50.6 Å². The Morgan fingerprint density at radius 1 is 1.25 bits per heavy atom. The van der Waals surface area contributed by atoms with E-state index in [2.05, 4.69) is 46.7 Å². The average Bonchev–Trinajstić information content (AvgIpc) is 3.47. The number of nitrogens with one attached hydrogen (secondary N) is 2. The number of nitrogens with zero attached hydrogens (tertiary/aromatic N) is 2. The molecule has 2 bridgehead atoms. The standard InChI is InChI=1S/C22H34N4O2/c1-3-23-22(25-19-14-18-10-11-21(19)28-18)24-15-20(26-12-4-5-13-26)16-6-8-17(27-2)9-7-16/h6-9,18-21H,3-5,10-15H2,1-2H3,(H2,23,24,25). The molecule has 3 fully saturated rings. The molecule has 4 unspecified atom stereocenters. The van der Waals surface area contributed by atoms with Gasteiger partial charge in [-0.05, 0) is 69.8 Å². The summed E-state index contributed by atoms with van der Waals surface area (Å²) < 4.78 is 11.3. The maximum atomic E-state index is 6.00. The second kappa shape index (κ2) is 9.14. The minimum atomic E-state index is 0.306. The van der Waals surface area contributed by atoms with Crippen molar-refractivity contribution in [2.45, 2.75) is 63.3 Å². The molecule has 1 aromatic rings. The Hall–Kier alpha value is -1.79. The van der Waals surface area contributed by atoms with E-state index in [-0.39, 0.29) is 0 Å². The molecular formula is C22H34N4O2. The minimum absolute atomic E-state index is 0.306. The first-order chi connectivity index (χ1) is 13.8. The van der Waals surface area contributed by atoms with Gasteiger partial charge in [0.2, 0.25) is 0 Å². The van der Waals surface area contributed by atoms with Gasteiger partial charge in [0.15, 0.2) is 5.96 Å². The van der Waals surface area contributed by atoms with Gasteiger partial charge in [0.25, 0.3) is 0 Å². The topological polar surface area (TPSA) is 58.1 Å². The summed E-state index contributed by atoms with van der Waals surface area (Å²) in [5.41, 5.74) is 1.31. The van der Waals surface area contributed by atoms with E-state index in [0.717, 1.165) is 44.3 Å².